The maximum atomic E-state index is 14.1. The molecule has 0 radical (unpaired) electrons. The minimum absolute atomic E-state index is 0.0238. The Kier molecular flexibility index (Phi) is 38.3. The van der Waals surface area contributed by atoms with Crippen LogP contribution in [0.2, 0.25) is 0 Å². The van der Waals surface area contributed by atoms with E-state index < -0.39 is 67.8 Å². The monoisotopic (exact) mass is 1700 g/mol. The Labute approximate surface area is 720 Å². The first-order valence-electron chi connectivity index (χ1n) is 44.4. The van der Waals surface area contributed by atoms with Gasteiger partial charge in [-0.15, -0.1) is 0 Å². The highest BCUT2D eigenvalue weighted by atomic mass is 31.2. The molecule has 4 aliphatic rings. The molecule has 0 spiro atoms. The van der Waals surface area contributed by atoms with Gasteiger partial charge in [0.25, 0.3) is 0 Å². The van der Waals surface area contributed by atoms with Gasteiger partial charge in [-0.05, 0) is 177 Å². The Morgan fingerprint density at radius 1 is 0.471 bits per heavy atom. The number of Topliss-reactive ketones (excluding diaryl/α,β-unsaturated/α-hetero) is 2. The molecule has 0 saturated carbocycles. The lowest BCUT2D eigenvalue weighted by molar-refractivity contribution is -0.162. The van der Waals surface area contributed by atoms with Gasteiger partial charge in [-0.3, -0.25) is 38.0 Å². The van der Waals surface area contributed by atoms with Crippen LogP contribution in [0.25, 0.3) is 5.57 Å². The van der Waals surface area contributed by atoms with Crippen molar-refractivity contribution in [2.45, 2.75) is 256 Å². The van der Waals surface area contributed by atoms with Crippen LogP contribution in [0.15, 0.2) is 153 Å². The number of hydrogen-bond acceptors (Lipinski definition) is 16. The van der Waals surface area contributed by atoms with E-state index in [-0.39, 0.29) is 85.5 Å². The zero-order chi connectivity index (χ0) is 88.1. The fraction of sp³-hybridized carbons (Fsp3) is 0.536. The zero-order valence-corrected chi connectivity index (χ0v) is 76.2. The number of amides is 3. The van der Waals surface area contributed by atoms with Gasteiger partial charge in [-0.2, -0.15) is 15.3 Å². The number of aliphatic hydroxyl groups excluding tert-OH is 2. The predicted octanol–water partition coefficient (Wildman–Crippen LogP) is 16.7. The molecule has 7 heterocycles. The Morgan fingerprint density at radius 2 is 0.810 bits per heavy atom. The van der Waals surface area contributed by atoms with Gasteiger partial charge in [0.05, 0.1) is 53.8 Å². The highest BCUT2D eigenvalue weighted by molar-refractivity contribution is 7.78. The van der Waals surface area contributed by atoms with Crippen molar-refractivity contribution in [2.75, 3.05) is 56.8 Å². The third-order valence-corrected chi connectivity index (χ3v) is 33.7. The summed E-state index contributed by atoms with van der Waals surface area (Å²) < 4.78 is 22.4. The van der Waals surface area contributed by atoms with Crippen LogP contribution < -0.4 is 0 Å². The van der Waals surface area contributed by atoms with Crippen molar-refractivity contribution >= 4 is 77.4 Å². The van der Waals surface area contributed by atoms with Crippen molar-refractivity contribution in [1.82, 2.24) is 44.0 Å². The summed E-state index contributed by atoms with van der Waals surface area (Å²) in [6.45, 7) is 35.1. The number of carbonyl (C=O) groups is 8. The zero-order valence-electron chi connectivity index (χ0n) is 74.5. The first kappa shape index (κ1) is 97.4. The summed E-state index contributed by atoms with van der Waals surface area (Å²) >= 11 is 0. The van der Waals surface area contributed by atoms with Gasteiger partial charge < -0.3 is 39.1 Å². The number of aliphatic hydroxyl groups is 2. The molecular weight excluding hydrogens is 1560 g/mol. The fourth-order valence-corrected chi connectivity index (χ4v) is 27.9. The molecule has 0 aliphatic carbocycles. The molecule has 0 unspecified atom stereocenters. The maximum absolute atomic E-state index is 14.1. The Hall–Kier alpha value is -9.07. The third kappa shape index (κ3) is 24.5. The fourth-order valence-electron chi connectivity index (χ4n) is 17.4. The van der Waals surface area contributed by atoms with Crippen LogP contribution in [0.5, 0.6) is 0 Å². The number of aryl methyl sites for hydroxylation is 9. The second-order valence-corrected chi connectivity index (χ2v) is 41.5. The van der Waals surface area contributed by atoms with Gasteiger partial charge in [0.15, 0.2) is 11.6 Å². The maximum Gasteiger partial charge on any atom is 0.355 e. The summed E-state index contributed by atoms with van der Waals surface area (Å²) in [5.41, 5.74) is 9.81. The van der Waals surface area contributed by atoms with Crippen molar-refractivity contribution in [3.05, 3.63) is 204 Å². The molecule has 658 valence electrons. The lowest BCUT2D eigenvalue weighted by Gasteiger charge is -2.51. The van der Waals surface area contributed by atoms with Gasteiger partial charge in [0.1, 0.15) is 47.7 Å². The molecule has 24 heteroatoms. The highest BCUT2D eigenvalue weighted by Crippen LogP contribution is 2.57. The number of esters is 3. The van der Waals surface area contributed by atoms with E-state index >= 15 is 0 Å². The minimum Gasteiger partial charge on any atom is -0.457 e. The van der Waals surface area contributed by atoms with Crippen LogP contribution in [-0.4, -0.2) is 199 Å². The largest absolute Gasteiger partial charge is 0.457 e. The standard InChI is InChI=1S/C37H56N3O4P.C36H54N3O5P.C24H27N3O4/c1-8-12-23-45(24-13-9-2,25-14-10-3)36(37(43)44-22-11-4)40-32(34(28(5)6)35(40)42)27-33(41)31-26-29(7)39(38-31)21-20-30-18-16-15-17-19-30;1-7-11-22-45(23-12-8-2,24-13-9-3)35(36(43)44-21-10-4)39-31(33(28(6)40)34(39)42)26-32(41)30-25-27(5)38(37-30)20-19-29-17-15-14-16-18-29;1-4-12-31-24(30)22-18(14-20-21(16(3)28)23(29)27(20)22)19-13-15(2)26(25-19)11-10-17-8-6-5-7-9-17/h11,15-19,26,28,32,34H,4,8-10,12-14,20-25,27H2,1-3,5-7H3;10,14-18,25,28,31,33,40H,4,7-9,11-13,19-24,26H2,1-3,5-6H3;4-9,13,16,20-21,28H,1,10-12,14H2,2-3H3/t32-,34-;28-,31-,33-;16-,20-,21-/m111/s1. The smallest absolute Gasteiger partial charge is 0.355 e. The summed E-state index contributed by atoms with van der Waals surface area (Å²) in [5, 5.41) is 34.8. The summed E-state index contributed by atoms with van der Waals surface area (Å²) in [7, 11) is 0. The molecule has 3 aromatic carbocycles. The highest BCUT2D eigenvalue weighted by Gasteiger charge is 2.59. The van der Waals surface area contributed by atoms with Gasteiger partial charge >= 0.3 is 17.9 Å². The number of rotatable bonds is 48. The Balaban J connectivity index is 0.000000230. The van der Waals surface area contributed by atoms with E-state index in [1.807, 2.05) is 115 Å². The number of likely N-dealkylation sites (tertiary alicyclic amines) is 2. The SMILES string of the molecule is C=CCOC(=O)C(N1C(=O)[C@H](C(C)C)[C@H]1CC(=O)c1cc(C)n(CCc2ccccc2)n1)=P(CCCC)(CCCC)CCCC.C=CCOC(=O)C(N1C(=O)[C@H]([C@@H](C)O)[C@H]1CC(=O)c1cc(C)n(CCc2ccccc2)n1)=P(CCCC)(CCCC)CCCC.C=CCOC(=O)C1=C(c2cc(C)n(CCc3ccccc3)n2)C[C@@H]2[C@@H]([C@@H](C)O)C(=O)N12. The van der Waals surface area contributed by atoms with E-state index in [1.165, 1.54) is 33.7 Å². The second-order valence-electron chi connectivity index (χ2n) is 33.4. The van der Waals surface area contributed by atoms with E-state index in [1.54, 1.807) is 35.8 Å². The topological polar surface area (TPSA) is 268 Å². The van der Waals surface area contributed by atoms with Crippen LogP contribution in [0.1, 0.15) is 226 Å². The number of benzene rings is 3. The molecule has 3 saturated heterocycles. The first-order chi connectivity index (χ1) is 58.2. The molecule has 2 N–H and O–H groups in total. The molecule has 4 aliphatic heterocycles. The van der Waals surface area contributed by atoms with Gasteiger partial charge in [0.2, 0.25) is 17.7 Å². The molecule has 6 aromatic rings. The quantitative estimate of drug-likeness (QED) is 0.00897. The van der Waals surface area contributed by atoms with Crippen molar-refractivity contribution in [2.24, 2.45) is 23.7 Å². The van der Waals surface area contributed by atoms with Crippen LogP contribution in [0.4, 0.5) is 0 Å². The number of ketones is 2. The Bertz CT molecular complexity index is 4390. The van der Waals surface area contributed by atoms with Crippen molar-refractivity contribution in [3.8, 4) is 0 Å². The molecule has 0 bridgehead atoms. The van der Waals surface area contributed by atoms with E-state index in [4.69, 9.17) is 24.4 Å². The number of hydrogen-bond donors (Lipinski definition) is 2. The van der Waals surface area contributed by atoms with E-state index in [2.05, 4.69) is 103 Å². The number of ether oxygens (including phenoxy) is 3. The van der Waals surface area contributed by atoms with E-state index in [0.29, 0.717) is 59.5 Å². The van der Waals surface area contributed by atoms with Gasteiger partial charge in [-0.25, -0.2) is 14.4 Å². The molecule has 3 fully saturated rings. The molecule has 8 atom stereocenters. The number of carbonyl (C=O) groups excluding carboxylic acids is 8. The lowest BCUT2D eigenvalue weighted by atomic mass is 9.76. The van der Waals surface area contributed by atoms with E-state index in [0.717, 1.165) is 150 Å². The average Bonchev–Trinajstić information content (AvgIpc) is 1.72. The second kappa shape index (κ2) is 47.5. The van der Waals surface area contributed by atoms with Crippen molar-refractivity contribution < 1.29 is 62.8 Å². The van der Waals surface area contributed by atoms with Crippen LogP contribution in [0.3, 0.4) is 0 Å². The average molecular weight is 1700 g/mol. The Morgan fingerprint density at radius 3 is 1.16 bits per heavy atom. The van der Waals surface area contributed by atoms with Crippen molar-refractivity contribution in [1.29, 1.82) is 0 Å². The number of nitrogens with zero attached hydrogens (tertiary/aromatic N) is 9. The van der Waals surface area contributed by atoms with Crippen LogP contribution >= 0.6 is 13.8 Å². The summed E-state index contributed by atoms with van der Waals surface area (Å²) in [4.78, 5) is 114. The van der Waals surface area contributed by atoms with E-state index in [9.17, 15) is 48.6 Å². The molecule has 3 amide bonds. The molecule has 3 aromatic heterocycles. The lowest BCUT2D eigenvalue weighted by Crippen LogP contribution is -2.68. The number of fused-ring (bicyclic) bond motifs is 1. The summed E-state index contributed by atoms with van der Waals surface area (Å²) in [6.07, 6.45) is 23.1. The number of unbranched alkanes of at least 4 members (excludes halogenated alkanes) is 6. The minimum atomic E-state index is -2.16. The normalized spacial score (nSPS) is 17.9. The summed E-state index contributed by atoms with van der Waals surface area (Å²) in [5.74, 6) is -3.93. The number of β-lactam (4-membered cyclic amide) rings is 3. The van der Waals surface area contributed by atoms with Gasteiger partial charge in [0, 0.05) is 55.1 Å². The van der Waals surface area contributed by atoms with Crippen LogP contribution in [-0.2, 0) is 81.9 Å². The molecule has 10 rings (SSSR count). The van der Waals surface area contributed by atoms with Crippen LogP contribution in [0, 0.1) is 44.4 Å². The third-order valence-electron chi connectivity index (χ3n) is 24.0. The van der Waals surface area contributed by atoms with Crippen molar-refractivity contribution in [3.63, 3.8) is 0 Å². The molecular formula is C97H137N9O13P2. The first-order valence-corrected chi connectivity index (χ1v) is 49.1. The summed E-state index contributed by atoms with van der Waals surface area (Å²) in [6, 6.07) is 34.9. The molecule has 22 nitrogen and oxygen atoms in total. The predicted molar refractivity (Wildman–Crippen MR) is 487 cm³/mol. The molecule has 121 heavy (non-hydrogen) atoms. The number of aromatic nitrogens is 6. The van der Waals surface area contributed by atoms with Gasteiger partial charge in [-0.1, -0.05) is 237 Å².